The minimum atomic E-state index is -0.359. The van der Waals surface area contributed by atoms with E-state index in [1.54, 1.807) is 0 Å². The fourth-order valence-electron chi connectivity index (χ4n) is 2.68. The number of hydrogen-bond acceptors (Lipinski definition) is 2. The highest BCUT2D eigenvalue weighted by Gasteiger charge is 2.20. The second-order valence-electron chi connectivity index (χ2n) is 6.04. The summed E-state index contributed by atoms with van der Waals surface area (Å²) < 4.78 is 7.41. The molecule has 0 saturated heterocycles. The van der Waals surface area contributed by atoms with E-state index >= 15 is 0 Å². The molecule has 128 valence electrons. The Balaban J connectivity index is 2.24. The summed E-state index contributed by atoms with van der Waals surface area (Å²) in [6.07, 6.45) is 17.4. The van der Waals surface area contributed by atoms with Crippen molar-refractivity contribution in [2.75, 3.05) is 0 Å². The first kappa shape index (κ1) is 19.4. The summed E-state index contributed by atoms with van der Waals surface area (Å²) in [6, 6.07) is 5.86. The van der Waals surface area contributed by atoms with Crippen LogP contribution >= 0.6 is 0 Å². The van der Waals surface area contributed by atoms with Crippen LogP contribution in [-0.2, 0) is 9.53 Å². The zero-order valence-corrected chi connectivity index (χ0v) is 14.6. The summed E-state index contributed by atoms with van der Waals surface area (Å²) in [5.74, 6) is -0.359. The van der Waals surface area contributed by atoms with Crippen molar-refractivity contribution in [3.8, 4) is 0 Å². The first-order valence-electron chi connectivity index (χ1n) is 9.06. The molecule has 3 heteroatoms. The summed E-state index contributed by atoms with van der Waals surface area (Å²) >= 11 is 0. The van der Waals surface area contributed by atoms with Gasteiger partial charge in [0, 0.05) is 24.6 Å². The predicted molar refractivity (Wildman–Crippen MR) is 93.8 cm³/mol. The molecule has 1 aromatic heterocycles. The monoisotopic (exact) mass is 318 g/mol. The van der Waals surface area contributed by atoms with Crippen LogP contribution in [0, 0.1) is 0 Å². The molecule has 0 bridgehead atoms. The van der Waals surface area contributed by atoms with Gasteiger partial charge in [-0.05, 0) is 6.42 Å². The molecule has 0 aliphatic rings. The zero-order valence-electron chi connectivity index (χ0n) is 14.6. The number of carbonyl (C=O) groups excluding carboxylic acids is 1. The number of rotatable bonds is 13. The lowest BCUT2D eigenvalue weighted by atomic mass is 10.1. The Kier molecular flexibility index (Phi) is 10.9. The van der Waals surface area contributed by atoms with Crippen molar-refractivity contribution in [1.82, 2.24) is 0 Å². The van der Waals surface area contributed by atoms with Gasteiger partial charge in [-0.2, -0.15) is 4.57 Å². The minimum Gasteiger partial charge on any atom is -0.399 e. The highest BCUT2D eigenvalue weighted by atomic mass is 16.6. The standard InChI is InChI=1S/C20H32NO2/c1-3-5-6-7-8-9-10-11-13-16-19(23-20(22)4-2)21-17-14-12-15-18-21/h4,12,14-15,17-19H,2-3,5-11,13,16H2,1H3/q+1. The zero-order chi connectivity index (χ0) is 16.8. The highest BCUT2D eigenvalue weighted by Crippen LogP contribution is 2.15. The Morgan fingerprint density at radius 1 is 1.00 bits per heavy atom. The van der Waals surface area contributed by atoms with Gasteiger partial charge in [-0.3, -0.25) is 0 Å². The van der Waals surface area contributed by atoms with Crippen LogP contribution in [0.1, 0.15) is 77.4 Å². The summed E-state index contributed by atoms with van der Waals surface area (Å²) in [4.78, 5) is 11.5. The van der Waals surface area contributed by atoms with Gasteiger partial charge in [0.05, 0.1) is 0 Å². The molecule has 1 unspecified atom stereocenters. The average molecular weight is 318 g/mol. The molecule has 1 atom stereocenters. The molecule has 1 rings (SSSR count). The second-order valence-corrected chi connectivity index (χ2v) is 6.04. The Bertz CT molecular complexity index is 431. The SMILES string of the molecule is C=CC(=O)OC(CCCCCCCCCCC)[n+]1ccccc1. The Morgan fingerprint density at radius 3 is 2.13 bits per heavy atom. The van der Waals surface area contributed by atoms with E-state index in [2.05, 4.69) is 13.5 Å². The Labute approximate surface area is 141 Å². The third-order valence-electron chi connectivity index (χ3n) is 4.04. The summed E-state index contributed by atoms with van der Waals surface area (Å²) in [5, 5.41) is 0. The molecule has 1 heterocycles. The van der Waals surface area contributed by atoms with Gasteiger partial charge < -0.3 is 4.74 Å². The molecule has 0 N–H and O–H groups in total. The van der Waals surface area contributed by atoms with Crippen LogP contribution in [0.4, 0.5) is 0 Å². The Morgan fingerprint density at radius 2 is 1.57 bits per heavy atom. The van der Waals surface area contributed by atoms with Crippen LogP contribution in [0.25, 0.3) is 0 Å². The molecule has 0 spiro atoms. The number of ether oxygens (including phenoxy) is 1. The van der Waals surface area contributed by atoms with Crippen molar-refractivity contribution >= 4 is 5.97 Å². The van der Waals surface area contributed by atoms with Crippen molar-refractivity contribution < 1.29 is 14.1 Å². The van der Waals surface area contributed by atoms with E-state index in [0.717, 1.165) is 12.8 Å². The molecular weight excluding hydrogens is 286 g/mol. The largest absolute Gasteiger partial charge is 0.399 e. The van der Waals surface area contributed by atoms with Gasteiger partial charge in [0.25, 0.3) is 0 Å². The molecule has 0 aliphatic carbocycles. The Hall–Kier alpha value is -1.64. The van der Waals surface area contributed by atoms with E-state index in [4.69, 9.17) is 4.74 Å². The normalized spacial score (nSPS) is 11.9. The third kappa shape index (κ3) is 9.17. The molecule has 23 heavy (non-hydrogen) atoms. The lowest BCUT2D eigenvalue weighted by Crippen LogP contribution is -2.41. The smallest absolute Gasteiger partial charge is 0.335 e. The molecular formula is C20H32NO2+. The molecule has 0 amide bonds. The van der Waals surface area contributed by atoms with Gasteiger partial charge in [-0.1, -0.05) is 70.9 Å². The minimum absolute atomic E-state index is 0.230. The van der Waals surface area contributed by atoms with Gasteiger partial charge in [0.1, 0.15) is 0 Å². The van der Waals surface area contributed by atoms with E-state index in [0.29, 0.717) is 0 Å². The third-order valence-corrected chi connectivity index (χ3v) is 4.04. The quantitative estimate of drug-likeness (QED) is 0.219. The number of aromatic nitrogens is 1. The first-order chi connectivity index (χ1) is 11.3. The highest BCUT2D eigenvalue weighted by molar-refractivity contribution is 5.81. The van der Waals surface area contributed by atoms with Crippen molar-refractivity contribution in [1.29, 1.82) is 0 Å². The fourth-order valence-corrected chi connectivity index (χ4v) is 2.68. The van der Waals surface area contributed by atoms with Crippen molar-refractivity contribution in [2.24, 2.45) is 0 Å². The van der Waals surface area contributed by atoms with Crippen molar-refractivity contribution in [2.45, 2.75) is 77.4 Å². The van der Waals surface area contributed by atoms with Crippen LogP contribution in [0.5, 0.6) is 0 Å². The molecule has 0 aromatic carbocycles. The number of unbranched alkanes of at least 4 members (excludes halogenated alkanes) is 8. The van der Waals surface area contributed by atoms with Crippen LogP contribution in [-0.4, -0.2) is 5.97 Å². The topological polar surface area (TPSA) is 30.2 Å². The molecule has 0 aliphatic heterocycles. The van der Waals surface area contributed by atoms with Gasteiger partial charge in [0.2, 0.25) is 0 Å². The molecule has 0 radical (unpaired) electrons. The maximum absolute atomic E-state index is 11.5. The van der Waals surface area contributed by atoms with Crippen LogP contribution in [0.3, 0.4) is 0 Å². The molecule has 1 aromatic rings. The molecule has 0 saturated carbocycles. The molecule has 0 fully saturated rings. The fraction of sp³-hybridized carbons (Fsp3) is 0.600. The number of pyridine rings is 1. The van der Waals surface area contributed by atoms with E-state index in [-0.39, 0.29) is 12.2 Å². The first-order valence-corrected chi connectivity index (χ1v) is 9.06. The van der Waals surface area contributed by atoms with Gasteiger partial charge >= 0.3 is 12.2 Å². The number of hydrogen-bond donors (Lipinski definition) is 0. The van der Waals surface area contributed by atoms with Crippen molar-refractivity contribution in [3.63, 3.8) is 0 Å². The maximum atomic E-state index is 11.5. The molecule has 3 nitrogen and oxygen atoms in total. The van der Waals surface area contributed by atoms with E-state index in [1.165, 1.54) is 57.4 Å². The summed E-state index contributed by atoms with van der Waals surface area (Å²) in [7, 11) is 0. The van der Waals surface area contributed by atoms with Crippen LogP contribution in [0.2, 0.25) is 0 Å². The van der Waals surface area contributed by atoms with Crippen molar-refractivity contribution in [3.05, 3.63) is 43.2 Å². The van der Waals surface area contributed by atoms with Gasteiger partial charge in [-0.25, -0.2) is 4.79 Å². The van der Waals surface area contributed by atoms with Gasteiger partial charge in [0.15, 0.2) is 12.4 Å². The van der Waals surface area contributed by atoms with Gasteiger partial charge in [-0.15, -0.1) is 0 Å². The number of nitrogens with zero attached hydrogens (tertiary/aromatic N) is 1. The number of esters is 1. The van der Waals surface area contributed by atoms with E-state index in [9.17, 15) is 4.79 Å². The second kappa shape index (κ2) is 12.9. The lowest BCUT2D eigenvalue weighted by molar-refractivity contribution is -0.757. The predicted octanol–water partition coefficient (Wildman–Crippen LogP) is 5.12. The average Bonchev–Trinajstić information content (AvgIpc) is 2.59. The maximum Gasteiger partial charge on any atom is 0.335 e. The summed E-state index contributed by atoms with van der Waals surface area (Å²) in [6.45, 7) is 5.73. The van der Waals surface area contributed by atoms with Crippen LogP contribution < -0.4 is 4.57 Å². The lowest BCUT2D eigenvalue weighted by Gasteiger charge is -2.12. The van der Waals surface area contributed by atoms with Crippen LogP contribution in [0.15, 0.2) is 43.2 Å². The van der Waals surface area contributed by atoms with E-state index in [1.807, 2.05) is 35.2 Å². The summed E-state index contributed by atoms with van der Waals surface area (Å²) in [5.41, 5.74) is 0. The number of carbonyl (C=O) groups is 1. The van der Waals surface area contributed by atoms with E-state index < -0.39 is 0 Å².